The van der Waals surface area contributed by atoms with Crippen LogP contribution in [0.5, 0.6) is 0 Å². The Hall–Kier alpha value is -3.95. The summed E-state index contributed by atoms with van der Waals surface area (Å²) in [5, 5.41) is 4.20. The van der Waals surface area contributed by atoms with Crippen molar-refractivity contribution >= 4 is 39.7 Å². The van der Waals surface area contributed by atoms with E-state index in [0.29, 0.717) is 23.9 Å². The van der Waals surface area contributed by atoms with Gasteiger partial charge in [-0.3, -0.25) is 4.90 Å². The van der Waals surface area contributed by atoms with Gasteiger partial charge >= 0.3 is 0 Å². The molecule has 7 rings (SSSR count). The molecule has 0 amide bonds. The zero-order valence-electron chi connectivity index (χ0n) is 22.3. The summed E-state index contributed by atoms with van der Waals surface area (Å²) in [7, 11) is 2.22. The molecule has 3 N–H and O–H groups in total. The molecule has 2 fully saturated rings. The molecular weight excluding hydrogens is 488 g/mol. The van der Waals surface area contributed by atoms with E-state index < -0.39 is 0 Å². The number of nitrogen functional groups attached to an aromatic ring is 1. The van der Waals surface area contributed by atoms with Crippen LogP contribution in [-0.2, 0) is 0 Å². The predicted molar refractivity (Wildman–Crippen MR) is 155 cm³/mol. The van der Waals surface area contributed by atoms with E-state index in [9.17, 15) is 0 Å². The number of nitrogens with two attached hydrogens (primary N) is 1. The minimum absolute atomic E-state index is 0.416. The molecule has 0 unspecified atom stereocenters. The number of nitrogens with zero attached hydrogens (tertiary/aromatic N) is 6. The number of nitrogens with one attached hydrogen (secondary N) is 1. The van der Waals surface area contributed by atoms with Crippen molar-refractivity contribution in [2.24, 2.45) is 0 Å². The molecule has 0 atom stereocenters. The quantitative estimate of drug-likeness (QED) is 0.321. The third kappa shape index (κ3) is 4.62. The van der Waals surface area contributed by atoms with E-state index in [4.69, 9.17) is 15.1 Å². The van der Waals surface area contributed by atoms with Crippen molar-refractivity contribution in [2.75, 3.05) is 44.3 Å². The van der Waals surface area contributed by atoms with Crippen molar-refractivity contribution in [1.29, 1.82) is 0 Å². The number of hydrogen-bond donors (Lipinski definition) is 2. The Bertz CT molecular complexity index is 1560. The zero-order valence-corrected chi connectivity index (χ0v) is 22.3. The number of piperazine rings is 1. The lowest BCUT2D eigenvalue weighted by Crippen LogP contribution is -2.49. The molecule has 1 aliphatic heterocycles. The zero-order chi connectivity index (χ0) is 26.3. The molecule has 5 aromatic rings. The number of anilines is 3. The van der Waals surface area contributed by atoms with Gasteiger partial charge in [-0.05, 0) is 62.6 Å². The molecule has 2 aliphatic rings. The lowest BCUT2D eigenvalue weighted by atomic mass is 9.89. The van der Waals surface area contributed by atoms with Gasteiger partial charge in [0.1, 0.15) is 23.3 Å². The molecule has 9 nitrogen and oxygen atoms in total. The fourth-order valence-corrected chi connectivity index (χ4v) is 6.28. The number of para-hydroxylation sites is 2. The summed E-state index contributed by atoms with van der Waals surface area (Å²) >= 11 is 0. The molecule has 1 saturated carbocycles. The normalized spacial score (nSPS) is 21.1. The fourth-order valence-electron chi connectivity index (χ4n) is 6.28. The van der Waals surface area contributed by atoms with Crippen LogP contribution in [0.4, 0.5) is 17.5 Å². The Morgan fingerprint density at radius 2 is 1.64 bits per heavy atom. The molecule has 0 radical (unpaired) electrons. The first-order valence-corrected chi connectivity index (χ1v) is 13.9. The highest BCUT2D eigenvalue weighted by atomic mass is 16.4. The maximum atomic E-state index is 6.43. The average Bonchev–Trinajstić information content (AvgIpc) is 3.56. The Balaban J connectivity index is 1.12. The van der Waals surface area contributed by atoms with E-state index in [-0.39, 0.29) is 0 Å². The fraction of sp³-hybridized carbons (Fsp3) is 0.367. The number of hydrogen-bond acceptors (Lipinski definition) is 8. The van der Waals surface area contributed by atoms with E-state index >= 15 is 0 Å². The molecule has 2 aromatic carbocycles. The second kappa shape index (κ2) is 9.98. The minimum atomic E-state index is 0.416. The van der Waals surface area contributed by atoms with Gasteiger partial charge in [-0.25, -0.2) is 9.97 Å². The average molecular weight is 523 g/mol. The molecular formula is C30H34N8O. The van der Waals surface area contributed by atoms with Crippen molar-refractivity contribution in [3.63, 3.8) is 0 Å². The van der Waals surface area contributed by atoms with Crippen LogP contribution < -0.4 is 11.1 Å². The SMILES string of the molecule is CN1CCN(C2CCC(n3cc(-c4ccc(Nc5nc6ccccc6o5)cc4)c4c(N)ncnc43)CC2)CC1. The van der Waals surface area contributed by atoms with Gasteiger partial charge in [0, 0.05) is 55.7 Å². The molecule has 1 saturated heterocycles. The molecule has 1 aliphatic carbocycles. The predicted octanol–water partition coefficient (Wildman–Crippen LogP) is 5.30. The van der Waals surface area contributed by atoms with E-state index in [1.165, 1.54) is 39.0 Å². The van der Waals surface area contributed by atoms with Gasteiger partial charge in [0.15, 0.2) is 5.58 Å². The Labute approximate surface area is 227 Å². The number of rotatable bonds is 5. The first-order chi connectivity index (χ1) is 19.1. The summed E-state index contributed by atoms with van der Waals surface area (Å²) in [5.74, 6) is 0.522. The Morgan fingerprint density at radius 1 is 0.897 bits per heavy atom. The smallest absolute Gasteiger partial charge is 0.300 e. The third-order valence-corrected chi connectivity index (χ3v) is 8.49. The standard InChI is InChI=1S/C30H34N8O/c1-36-14-16-37(17-15-36)22-10-12-23(13-11-22)38-18-24(27-28(31)32-19-33-29(27)38)20-6-8-21(9-7-20)34-30-35-25-4-2-3-5-26(25)39-30/h2-9,18-19,22-23H,10-17H2,1H3,(H,34,35)(H2,31,32,33). The van der Waals surface area contributed by atoms with Crippen LogP contribution in [0.1, 0.15) is 31.7 Å². The van der Waals surface area contributed by atoms with E-state index in [1.54, 1.807) is 6.33 Å². The second-order valence-electron chi connectivity index (χ2n) is 10.9. The van der Waals surface area contributed by atoms with Gasteiger partial charge in [0.05, 0.1) is 5.39 Å². The highest BCUT2D eigenvalue weighted by Gasteiger charge is 2.30. The van der Waals surface area contributed by atoms with Gasteiger partial charge in [-0.15, -0.1) is 0 Å². The van der Waals surface area contributed by atoms with Crippen molar-refractivity contribution in [2.45, 2.75) is 37.8 Å². The lowest BCUT2D eigenvalue weighted by Gasteiger charge is -2.41. The summed E-state index contributed by atoms with van der Waals surface area (Å²) in [6, 6.07) is 17.6. The first-order valence-electron chi connectivity index (χ1n) is 13.9. The van der Waals surface area contributed by atoms with Crippen LogP contribution in [0.2, 0.25) is 0 Å². The van der Waals surface area contributed by atoms with Crippen LogP contribution >= 0.6 is 0 Å². The van der Waals surface area contributed by atoms with Crippen molar-refractivity contribution in [3.05, 3.63) is 61.1 Å². The van der Waals surface area contributed by atoms with Crippen LogP contribution in [0.25, 0.3) is 33.3 Å². The number of oxazole rings is 1. The number of likely N-dealkylation sites (N-methyl/N-ethyl adjacent to an activating group) is 1. The summed E-state index contributed by atoms with van der Waals surface area (Å²) in [6.45, 7) is 4.71. The molecule has 39 heavy (non-hydrogen) atoms. The molecule has 9 heteroatoms. The monoisotopic (exact) mass is 522 g/mol. The van der Waals surface area contributed by atoms with Crippen molar-refractivity contribution < 1.29 is 4.42 Å². The topological polar surface area (TPSA) is 101 Å². The first kappa shape index (κ1) is 24.1. The third-order valence-electron chi connectivity index (χ3n) is 8.49. The molecule has 3 aromatic heterocycles. The van der Waals surface area contributed by atoms with Crippen LogP contribution in [-0.4, -0.2) is 68.6 Å². The molecule has 0 bridgehead atoms. The van der Waals surface area contributed by atoms with E-state index in [1.807, 2.05) is 36.4 Å². The van der Waals surface area contributed by atoms with E-state index in [2.05, 4.69) is 55.0 Å². The second-order valence-corrected chi connectivity index (χ2v) is 10.9. The molecule has 4 heterocycles. The maximum Gasteiger partial charge on any atom is 0.300 e. The molecule has 0 spiro atoms. The van der Waals surface area contributed by atoms with Crippen LogP contribution in [0.15, 0.2) is 65.5 Å². The largest absolute Gasteiger partial charge is 0.423 e. The highest BCUT2D eigenvalue weighted by Crippen LogP contribution is 2.39. The lowest BCUT2D eigenvalue weighted by molar-refractivity contribution is 0.0828. The Kier molecular flexibility index (Phi) is 6.17. The van der Waals surface area contributed by atoms with Gasteiger partial charge in [-0.1, -0.05) is 24.3 Å². The van der Waals surface area contributed by atoms with Gasteiger partial charge in [0.2, 0.25) is 0 Å². The maximum absolute atomic E-state index is 6.43. The Morgan fingerprint density at radius 3 is 2.41 bits per heavy atom. The summed E-state index contributed by atoms with van der Waals surface area (Å²) in [6.07, 6.45) is 8.57. The van der Waals surface area contributed by atoms with Gasteiger partial charge in [0.25, 0.3) is 6.01 Å². The molecule has 200 valence electrons. The number of benzene rings is 2. The van der Waals surface area contributed by atoms with Crippen LogP contribution in [0, 0.1) is 0 Å². The van der Waals surface area contributed by atoms with Crippen molar-refractivity contribution in [1.82, 2.24) is 29.3 Å². The highest BCUT2D eigenvalue weighted by molar-refractivity contribution is 6.00. The summed E-state index contributed by atoms with van der Waals surface area (Å²) < 4.78 is 8.17. The van der Waals surface area contributed by atoms with Gasteiger partial charge in [-0.2, -0.15) is 4.98 Å². The summed E-state index contributed by atoms with van der Waals surface area (Å²) in [5.41, 5.74) is 12.0. The number of fused-ring (bicyclic) bond motifs is 2. The van der Waals surface area contributed by atoms with Crippen LogP contribution in [0.3, 0.4) is 0 Å². The van der Waals surface area contributed by atoms with E-state index in [0.717, 1.165) is 51.8 Å². The number of aromatic nitrogens is 4. The van der Waals surface area contributed by atoms with Crippen molar-refractivity contribution in [3.8, 4) is 11.1 Å². The van der Waals surface area contributed by atoms with Gasteiger partial charge < -0.3 is 24.9 Å². The minimum Gasteiger partial charge on any atom is -0.423 e. The summed E-state index contributed by atoms with van der Waals surface area (Å²) in [4.78, 5) is 18.7.